The molecule has 1 N–H and O–H groups in total. The molecule has 0 radical (unpaired) electrons. The number of aryl methyl sites for hydroxylation is 1. The zero-order chi connectivity index (χ0) is 15.4. The number of ketones is 1. The maximum Gasteiger partial charge on any atom is 0.239 e. The average Bonchev–Trinajstić information content (AvgIpc) is 2.85. The summed E-state index contributed by atoms with van der Waals surface area (Å²) in [5, 5.41) is 2.88. The summed E-state index contributed by atoms with van der Waals surface area (Å²) in [5.41, 5.74) is 0.673. The number of hydrogen-bond donors (Lipinski definition) is 1. The van der Waals surface area contributed by atoms with E-state index in [1.54, 1.807) is 12.3 Å². The van der Waals surface area contributed by atoms with Gasteiger partial charge in [0, 0.05) is 37.6 Å². The lowest BCUT2D eigenvalue weighted by Crippen LogP contribution is -2.55. The predicted octanol–water partition coefficient (Wildman–Crippen LogP) is 0.433. The van der Waals surface area contributed by atoms with Gasteiger partial charge in [0.05, 0.1) is 19.8 Å². The summed E-state index contributed by atoms with van der Waals surface area (Å²) >= 11 is 0. The molecule has 0 aromatic carbocycles. The number of nitrogens with zero attached hydrogens (tertiary/aromatic N) is 2. The monoisotopic (exact) mass is 293 g/mol. The van der Waals surface area contributed by atoms with E-state index in [-0.39, 0.29) is 24.3 Å². The van der Waals surface area contributed by atoms with Crippen molar-refractivity contribution in [3.05, 3.63) is 24.0 Å². The first-order valence-corrected chi connectivity index (χ1v) is 7.24. The Morgan fingerprint density at radius 2 is 2.24 bits per heavy atom. The second-order valence-corrected chi connectivity index (χ2v) is 5.71. The van der Waals surface area contributed by atoms with Crippen LogP contribution >= 0.6 is 0 Å². The Kier molecular flexibility index (Phi) is 5.14. The maximum atomic E-state index is 12.3. The quantitative estimate of drug-likeness (QED) is 0.800. The highest BCUT2D eigenvalue weighted by Crippen LogP contribution is 2.10. The first-order valence-electron chi connectivity index (χ1n) is 7.24. The largest absolute Gasteiger partial charge is 0.378 e. The molecule has 1 aromatic heterocycles. The molecule has 21 heavy (non-hydrogen) atoms. The number of Topliss-reactive ketones (excluding diaryl/α,β-unsaturated/α-hetero) is 1. The van der Waals surface area contributed by atoms with Gasteiger partial charge in [-0.25, -0.2) is 0 Å². The molecule has 1 fully saturated rings. The molecule has 1 unspecified atom stereocenters. The molecule has 6 nitrogen and oxygen atoms in total. The molecule has 1 aromatic rings. The normalized spacial score (nSPS) is 19.7. The van der Waals surface area contributed by atoms with Crippen LogP contribution in [0, 0.1) is 0 Å². The van der Waals surface area contributed by atoms with Gasteiger partial charge < -0.3 is 14.6 Å². The van der Waals surface area contributed by atoms with Gasteiger partial charge in [-0.15, -0.1) is 0 Å². The summed E-state index contributed by atoms with van der Waals surface area (Å²) in [6, 6.07) is 1.48. The molecular formula is C15H23N3O3. The second-order valence-electron chi connectivity index (χ2n) is 5.71. The number of carbonyl (C=O) groups excluding carboxylic acids is 2. The SMILES string of the molecule is CC(C)NC(=O)C1COCCN1CC(=O)c1ccn(C)c1. The maximum absolute atomic E-state index is 12.3. The molecule has 1 saturated heterocycles. The van der Waals surface area contributed by atoms with E-state index in [4.69, 9.17) is 4.74 Å². The van der Waals surface area contributed by atoms with Gasteiger partial charge in [-0.2, -0.15) is 0 Å². The van der Waals surface area contributed by atoms with Gasteiger partial charge in [-0.05, 0) is 19.9 Å². The minimum atomic E-state index is -0.395. The summed E-state index contributed by atoms with van der Waals surface area (Å²) in [6.07, 6.45) is 3.64. The Morgan fingerprint density at radius 1 is 1.48 bits per heavy atom. The van der Waals surface area contributed by atoms with Gasteiger partial charge in [-0.1, -0.05) is 0 Å². The molecule has 2 rings (SSSR count). The van der Waals surface area contributed by atoms with Gasteiger partial charge >= 0.3 is 0 Å². The second kappa shape index (κ2) is 6.87. The molecule has 1 aliphatic heterocycles. The van der Waals surface area contributed by atoms with E-state index in [0.29, 0.717) is 25.3 Å². The number of rotatable bonds is 5. The Morgan fingerprint density at radius 3 is 2.86 bits per heavy atom. The number of aromatic nitrogens is 1. The van der Waals surface area contributed by atoms with Gasteiger partial charge in [0.25, 0.3) is 0 Å². The van der Waals surface area contributed by atoms with E-state index in [0.717, 1.165) is 0 Å². The number of morpholine rings is 1. The lowest BCUT2D eigenvalue weighted by molar-refractivity contribution is -0.132. The average molecular weight is 293 g/mol. The van der Waals surface area contributed by atoms with E-state index in [1.165, 1.54) is 0 Å². The summed E-state index contributed by atoms with van der Waals surface area (Å²) < 4.78 is 7.23. The number of hydrogen-bond acceptors (Lipinski definition) is 4. The number of amides is 1. The lowest BCUT2D eigenvalue weighted by atomic mass is 10.1. The smallest absolute Gasteiger partial charge is 0.239 e. The summed E-state index contributed by atoms with van der Waals surface area (Å²) in [6.45, 7) is 5.55. The molecule has 1 atom stereocenters. The zero-order valence-corrected chi connectivity index (χ0v) is 12.8. The third-order valence-corrected chi connectivity index (χ3v) is 3.47. The van der Waals surface area contributed by atoms with Crippen LogP contribution in [0.15, 0.2) is 18.5 Å². The van der Waals surface area contributed by atoms with Crippen molar-refractivity contribution in [2.24, 2.45) is 7.05 Å². The molecule has 1 amide bonds. The van der Waals surface area contributed by atoms with Gasteiger partial charge in [0.15, 0.2) is 5.78 Å². The van der Waals surface area contributed by atoms with E-state index in [9.17, 15) is 9.59 Å². The van der Waals surface area contributed by atoms with Gasteiger partial charge in [0.1, 0.15) is 6.04 Å². The first-order chi connectivity index (χ1) is 9.97. The summed E-state index contributed by atoms with van der Waals surface area (Å²) in [7, 11) is 1.88. The van der Waals surface area contributed by atoms with Crippen LogP contribution < -0.4 is 5.32 Å². The zero-order valence-electron chi connectivity index (χ0n) is 12.8. The first kappa shape index (κ1) is 15.7. The third-order valence-electron chi connectivity index (χ3n) is 3.47. The Labute approximate surface area is 125 Å². The van der Waals surface area contributed by atoms with Crippen LogP contribution in [0.25, 0.3) is 0 Å². The van der Waals surface area contributed by atoms with Crippen molar-refractivity contribution in [2.45, 2.75) is 25.9 Å². The van der Waals surface area contributed by atoms with Crippen LogP contribution in [0.1, 0.15) is 24.2 Å². The fourth-order valence-electron chi connectivity index (χ4n) is 2.39. The van der Waals surface area contributed by atoms with Crippen molar-refractivity contribution in [1.82, 2.24) is 14.8 Å². The highest BCUT2D eigenvalue weighted by Gasteiger charge is 2.31. The lowest BCUT2D eigenvalue weighted by Gasteiger charge is -2.34. The Bertz CT molecular complexity index is 510. The molecule has 1 aliphatic rings. The molecule has 0 spiro atoms. The molecule has 0 bridgehead atoms. The van der Waals surface area contributed by atoms with Crippen LogP contribution in [0.5, 0.6) is 0 Å². The van der Waals surface area contributed by atoms with Gasteiger partial charge in [-0.3, -0.25) is 14.5 Å². The standard InChI is InChI=1S/C15H23N3O3/c1-11(2)16-15(20)13-10-21-7-6-18(13)9-14(19)12-4-5-17(3)8-12/h4-5,8,11,13H,6-7,9-10H2,1-3H3,(H,16,20). The summed E-state index contributed by atoms with van der Waals surface area (Å²) in [4.78, 5) is 26.4. The molecular weight excluding hydrogens is 270 g/mol. The van der Waals surface area contributed by atoms with Crippen LogP contribution in [0.4, 0.5) is 0 Å². The predicted molar refractivity (Wildman–Crippen MR) is 79.2 cm³/mol. The summed E-state index contributed by atoms with van der Waals surface area (Å²) in [5.74, 6) is -0.0505. The van der Waals surface area contributed by atoms with E-state index < -0.39 is 6.04 Å². The molecule has 6 heteroatoms. The number of nitrogens with one attached hydrogen (secondary N) is 1. The Balaban J connectivity index is 2.01. The van der Waals surface area contributed by atoms with E-state index >= 15 is 0 Å². The van der Waals surface area contributed by atoms with Crippen LogP contribution in [-0.2, 0) is 16.6 Å². The van der Waals surface area contributed by atoms with Crippen LogP contribution in [-0.4, -0.2) is 59.5 Å². The minimum absolute atomic E-state index is 0.0276. The number of ether oxygens (including phenoxy) is 1. The highest BCUT2D eigenvalue weighted by molar-refractivity contribution is 5.98. The fourth-order valence-corrected chi connectivity index (χ4v) is 2.39. The van der Waals surface area contributed by atoms with Gasteiger partial charge in [0.2, 0.25) is 5.91 Å². The van der Waals surface area contributed by atoms with Crippen molar-refractivity contribution in [3.8, 4) is 0 Å². The van der Waals surface area contributed by atoms with E-state index in [2.05, 4.69) is 5.32 Å². The van der Waals surface area contributed by atoms with E-state index in [1.807, 2.05) is 36.6 Å². The topological polar surface area (TPSA) is 63.6 Å². The van der Waals surface area contributed by atoms with Crippen molar-refractivity contribution in [3.63, 3.8) is 0 Å². The van der Waals surface area contributed by atoms with Crippen LogP contribution in [0.3, 0.4) is 0 Å². The van der Waals surface area contributed by atoms with Crippen molar-refractivity contribution in [1.29, 1.82) is 0 Å². The Hall–Kier alpha value is -1.66. The molecule has 2 heterocycles. The van der Waals surface area contributed by atoms with Crippen LogP contribution in [0.2, 0.25) is 0 Å². The third kappa shape index (κ3) is 4.15. The van der Waals surface area contributed by atoms with Crippen molar-refractivity contribution >= 4 is 11.7 Å². The molecule has 0 aliphatic carbocycles. The minimum Gasteiger partial charge on any atom is -0.378 e. The fraction of sp³-hybridized carbons (Fsp3) is 0.600. The molecule has 0 saturated carbocycles. The number of carbonyl (C=O) groups is 2. The molecule has 116 valence electrons. The van der Waals surface area contributed by atoms with Crippen molar-refractivity contribution in [2.75, 3.05) is 26.3 Å². The van der Waals surface area contributed by atoms with Crippen molar-refractivity contribution < 1.29 is 14.3 Å². The highest BCUT2D eigenvalue weighted by atomic mass is 16.5.